The van der Waals surface area contributed by atoms with Gasteiger partial charge in [0.15, 0.2) is 0 Å². The fraction of sp³-hybridized carbons (Fsp3) is 0.846. The van der Waals surface area contributed by atoms with E-state index in [0.717, 1.165) is 0 Å². The first-order valence-electron chi connectivity index (χ1n) is 6.84. The second-order valence-electron chi connectivity index (χ2n) is 6.32. The van der Waals surface area contributed by atoms with Gasteiger partial charge >= 0.3 is 114 Å². The van der Waals surface area contributed by atoms with E-state index in [2.05, 4.69) is 63.8 Å². The van der Waals surface area contributed by atoms with Crippen LogP contribution in [0.1, 0.15) is 20.8 Å². The predicted molar refractivity (Wildman–Crippen MR) is 86.9 cm³/mol. The monoisotopic (exact) mass is 332 g/mol. The van der Waals surface area contributed by atoms with Gasteiger partial charge in [-0.2, -0.15) is 0 Å². The van der Waals surface area contributed by atoms with Crippen molar-refractivity contribution in [1.82, 2.24) is 0 Å². The van der Waals surface area contributed by atoms with Crippen LogP contribution in [-0.2, 0) is 4.12 Å². The van der Waals surface area contributed by atoms with Crippen LogP contribution in [0.5, 0.6) is 0 Å². The molecule has 0 spiro atoms. The molecular weight excluding hydrogens is 301 g/mol. The summed E-state index contributed by atoms with van der Waals surface area (Å²) in [6, 6.07) is 0. The summed E-state index contributed by atoms with van der Waals surface area (Å²) in [5.74, 6) is 0. The third-order valence-electron chi connectivity index (χ3n) is 3.22. The van der Waals surface area contributed by atoms with Crippen molar-refractivity contribution in [2.75, 3.05) is 0 Å². The van der Waals surface area contributed by atoms with Crippen molar-refractivity contribution >= 4 is 29.9 Å². The summed E-state index contributed by atoms with van der Waals surface area (Å²) < 4.78 is 10.0. The fourth-order valence-electron chi connectivity index (χ4n) is 2.09. The Morgan fingerprint density at radius 2 is 1.29 bits per heavy atom. The van der Waals surface area contributed by atoms with Crippen molar-refractivity contribution in [3.63, 3.8) is 0 Å². The molecule has 0 aromatic carbocycles. The quantitative estimate of drug-likeness (QED) is 0.527. The summed E-state index contributed by atoms with van der Waals surface area (Å²) >= 11 is -1.82. The molecule has 0 unspecified atom stereocenters. The molecule has 100 valence electrons. The maximum absolute atomic E-state index is 6.29. The molecule has 0 aliphatic heterocycles. The van der Waals surface area contributed by atoms with Crippen LogP contribution in [0.15, 0.2) is 0 Å². The molecule has 17 heavy (non-hydrogen) atoms. The minimum absolute atomic E-state index is 1.33. The second kappa shape index (κ2) is 6.60. The molecule has 0 rings (SSSR count). The van der Waals surface area contributed by atoms with Crippen LogP contribution < -0.4 is 0 Å². The van der Waals surface area contributed by atoms with Gasteiger partial charge in [0, 0.05) is 0 Å². The Labute approximate surface area is 113 Å². The Morgan fingerprint density at radius 1 is 0.882 bits per heavy atom. The molecule has 0 aromatic rings. The minimum atomic E-state index is -1.82. The first-order valence-corrected chi connectivity index (χ1v) is 18.7. The Kier molecular flexibility index (Phi) is 6.79. The fourth-order valence-corrected chi connectivity index (χ4v) is 16.8. The van der Waals surface area contributed by atoms with Crippen LogP contribution in [0, 0.1) is 10.3 Å². The third-order valence-corrected chi connectivity index (χ3v) is 18.9. The summed E-state index contributed by atoms with van der Waals surface area (Å²) in [5, 5.41) is 3.99. The molecule has 0 aliphatic rings. The number of rotatable bonds is 5. The average Bonchev–Trinajstić information content (AvgIpc) is 2.17. The molecule has 0 aliphatic carbocycles. The average molecular weight is 331 g/mol. The Morgan fingerprint density at radius 3 is 1.59 bits per heavy atom. The topological polar surface area (TPSA) is 9.23 Å². The van der Waals surface area contributed by atoms with Crippen LogP contribution in [0.4, 0.5) is 0 Å². The number of hydrogen-bond donors (Lipinski definition) is 0. The normalized spacial score (nSPS) is 13.2. The van der Waals surface area contributed by atoms with Gasteiger partial charge in [-0.1, -0.05) is 0 Å². The Balaban J connectivity index is 4.92. The van der Waals surface area contributed by atoms with Crippen LogP contribution in [0.2, 0.25) is 48.5 Å². The zero-order valence-corrected chi connectivity index (χ0v) is 17.1. The van der Waals surface area contributed by atoms with Gasteiger partial charge < -0.3 is 0 Å². The van der Waals surface area contributed by atoms with Crippen LogP contribution >= 0.6 is 0 Å². The van der Waals surface area contributed by atoms with Gasteiger partial charge in [-0.15, -0.1) is 0 Å². The molecule has 4 heteroatoms. The van der Waals surface area contributed by atoms with E-state index in [9.17, 15) is 0 Å². The van der Waals surface area contributed by atoms with Crippen LogP contribution in [-0.4, -0.2) is 29.9 Å². The molecule has 0 N–H and O–H groups in total. The molecule has 0 amide bonds. The zero-order valence-electron chi connectivity index (χ0n) is 13.0. The van der Waals surface area contributed by atoms with Crippen molar-refractivity contribution < 1.29 is 4.12 Å². The molecule has 0 saturated heterocycles. The molecule has 0 atom stereocenters. The van der Waals surface area contributed by atoms with Crippen molar-refractivity contribution in [2.45, 2.75) is 69.3 Å². The summed E-state index contributed by atoms with van der Waals surface area (Å²) in [5.41, 5.74) is 3.59. The summed E-state index contributed by atoms with van der Waals surface area (Å²) in [6.07, 6.45) is 0. The molecule has 0 radical (unpaired) electrons. The van der Waals surface area contributed by atoms with E-state index < -0.39 is 29.9 Å². The molecule has 0 bridgehead atoms. The van der Waals surface area contributed by atoms with Crippen molar-refractivity contribution in [3.8, 4) is 10.3 Å². The third kappa shape index (κ3) is 6.85. The number of hydrogen-bond acceptors (Lipinski definition) is 1. The first-order chi connectivity index (χ1) is 7.60. The predicted octanol–water partition coefficient (Wildman–Crippen LogP) is 4.63. The van der Waals surface area contributed by atoms with Gasteiger partial charge in [-0.3, -0.25) is 0 Å². The van der Waals surface area contributed by atoms with Gasteiger partial charge in [0.1, 0.15) is 0 Å². The van der Waals surface area contributed by atoms with Crippen molar-refractivity contribution in [2.24, 2.45) is 0 Å². The van der Waals surface area contributed by atoms with E-state index in [1.165, 1.54) is 15.8 Å². The maximum atomic E-state index is 6.29. The van der Waals surface area contributed by atoms with Gasteiger partial charge in [0.2, 0.25) is 0 Å². The molecule has 0 fully saturated rings. The Hall–Kier alpha value is 0.497. The van der Waals surface area contributed by atoms with E-state index in [1.54, 1.807) is 0 Å². The van der Waals surface area contributed by atoms with E-state index in [-0.39, 0.29) is 0 Å². The van der Waals surface area contributed by atoms with Gasteiger partial charge in [-0.05, 0) is 0 Å². The van der Waals surface area contributed by atoms with E-state index >= 15 is 0 Å². The Bertz CT molecular complexity index is 285. The van der Waals surface area contributed by atoms with E-state index in [4.69, 9.17) is 4.12 Å². The summed E-state index contributed by atoms with van der Waals surface area (Å²) in [4.78, 5) is 0. The van der Waals surface area contributed by atoms with Gasteiger partial charge in [-0.25, -0.2) is 0 Å². The summed E-state index contributed by atoms with van der Waals surface area (Å²) in [6.45, 7) is 18.3. The molecule has 0 aromatic heterocycles. The van der Waals surface area contributed by atoms with Crippen molar-refractivity contribution in [1.29, 1.82) is 0 Å². The standard InChI is InChI=1S/C13H30GeOSi2/c1-9-14(10-2,11-3)12-13-17(7,8)15-16(4,5)6/h9-11H2,1-8H3. The first kappa shape index (κ1) is 17.5. The molecule has 0 heterocycles. The molecule has 1 nitrogen and oxygen atoms in total. The SMILES string of the molecule is C[CH2][Ge]([C]#C[Si](C)(C)O[Si](C)(C)C)([CH2]C)[CH2]C. The van der Waals surface area contributed by atoms with Crippen LogP contribution in [0.3, 0.4) is 0 Å². The summed E-state index contributed by atoms with van der Waals surface area (Å²) in [7, 11) is -3.19. The molecule has 0 saturated carbocycles. The van der Waals surface area contributed by atoms with Crippen molar-refractivity contribution in [3.05, 3.63) is 0 Å². The zero-order chi connectivity index (χ0) is 13.7. The van der Waals surface area contributed by atoms with Gasteiger partial charge in [0.05, 0.1) is 0 Å². The second-order valence-corrected chi connectivity index (χ2v) is 25.0. The van der Waals surface area contributed by atoms with E-state index in [1.807, 2.05) is 0 Å². The van der Waals surface area contributed by atoms with Gasteiger partial charge in [0.25, 0.3) is 0 Å². The molecular formula is C13H30GeOSi2. The van der Waals surface area contributed by atoms with E-state index in [0.29, 0.717) is 0 Å². The van der Waals surface area contributed by atoms with Crippen LogP contribution in [0.25, 0.3) is 0 Å².